The number of rotatable bonds is 4. The lowest BCUT2D eigenvalue weighted by Gasteiger charge is -2.29. The van der Waals surface area contributed by atoms with Crippen LogP contribution < -0.4 is 4.90 Å². The van der Waals surface area contributed by atoms with E-state index in [0.717, 1.165) is 22.7 Å². The number of carboxylic acid groups (broad SMARTS) is 1. The number of aryl methyl sites for hydroxylation is 1. The molecule has 1 aromatic carbocycles. The largest absolute Gasteiger partial charge is 0.480 e. The highest BCUT2D eigenvalue weighted by atomic mass is 32.2. The molecule has 1 N–H and O–H groups in total. The summed E-state index contributed by atoms with van der Waals surface area (Å²) in [6.45, 7) is 3.29. The zero-order chi connectivity index (χ0) is 17.4. The third-order valence-corrected chi connectivity index (χ3v) is 6.06. The van der Waals surface area contributed by atoms with Gasteiger partial charge in [-0.2, -0.15) is 4.31 Å². The first-order chi connectivity index (χ1) is 10.7. The Morgan fingerprint density at radius 1 is 1.35 bits per heavy atom. The lowest BCUT2D eigenvalue weighted by Crippen LogP contribution is -2.40. The van der Waals surface area contributed by atoms with Gasteiger partial charge in [0.15, 0.2) is 0 Å². The number of hydrogen-bond acceptors (Lipinski definition) is 4. The Bertz CT molecular complexity index is 744. The van der Waals surface area contributed by atoms with Crippen LogP contribution in [0.4, 0.5) is 5.69 Å². The number of hydrogen-bond donors (Lipinski definition) is 1. The zero-order valence-electron chi connectivity index (χ0n) is 13.3. The normalized spacial score (nSPS) is 16.1. The number of amides is 1. The van der Waals surface area contributed by atoms with Gasteiger partial charge in [-0.25, -0.2) is 8.42 Å². The first-order valence-corrected chi connectivity index (χ1v) is 8.72. The number of carbonyl (C=O) groups excluding carboxylic acids is 1. The number of sulfonamides is 1. The summed E-state index contributed by atoms with van der Waals surface area (Å²) in [7, 11) is -2.72. The van der Waals surface area contributed by atoms with Crippen LogP contribution >= 0.6 is 0 Å². The molecule has 1 amide bonds. The quantitative estimate of drug-likeness (QED) is 0.885. The van der Waals surface area contributed by atoms with Gasteiger partial charge in [0.1, 0.15) is 6.04 Å². The summed E-state index contributed by atoms with van der Waals surface area (Å²) >= 11 is 0. The fourth-order valence-corrected chi connectivity index (χ4v) is 3.91. The van der Waals surface area contributed by atoms with Gasteiger partial charge in [0.25, 0.3) is 0 Å². The smallest absolute Gasteiger partial charge is 0.321 e. The highest BCUT2D eigenvalue weighted by molar-refractivity contribution is 7.89. The van der Waals surface area contributed by atoms with Gasteiger partial charge in [-0.15, -0.1) is 0 Å². The monoisotopic (exact) mass is 340 g/mol. The maximum absolute atomic E-state index is 12.6. The van der Waals surface area contributed by atoms with Crippen molar-refractivity contribution < 1.29 is 23.1 Å². The highest BCUT2D eigenvalue weighted by Crippen LogP contribution is 2.31. The molecule has 1 unspecified atom stereocenters. The Labute approximate surface area is 135 Å². The van der Waals surface area contributed by atoms with Gasteiger partial charge in [0.05, 0.1) is 4.90 Å². The minimum Gasteiger partial charge on any atom is -0.480 e. The predicted octanol–water partition coefficient (Wildman–Crippen LogP) is 1.08. The van der Waals surface area contributed by atoms with Crippen molar-refractivity contribution in [1.29, 1.82) is 0 Å². The van der Waals surface area contributed by atoms with Crippen LogP contribution in [-0.2, 0) is 26.0 Å². The Balaban J connectivity index is 2.47. The number of carboxylic acids is 1. The van der Waals surface area contributed by atoms with Crippen LogP contribution in [-0.4, -0.2) is 49.3 Å². The number of nitrogens with zero attached hydrogens (tertiary/aromatic N) is 2. The molecular formula is C15H20N2O5S. The van der Waals surface area contributed by atoms with Crippen molar-refractivity contribution in [2.45, 2.75) is 37.6 Å². The van der Waals surface area contributed by atoms with Crippen molar-refractivity contribution in [3.05, 3.63) is 23.8 Å². The van der Waals surface area contributed by atoms with Crippen molar-refractivity contribution in [3.63, 3.8) is 0 Å². The Morgan fingerprint density at radius 3 is 2.57 bits per heavy atom. The molecule has 0 bridgehead atoms. The fourth-order valence-electron chi connectivity index (χ4n) is 2.57. The van der Waals surface area contributed by atoms with E-state index in [1.165, 1.54) is 33.0 Å². The molecule has 8 heteroatoms. The maximum atomic E-state index is 12.6. The third-order valence-electron chi connectivity index (χ3n) is 4.14. The number of likely N-dealkylation sites (N-methyl/N-ethyl adjacent to an activating group) is 1. The van der Waals surface area contributed by atoms with E-state index in [2.05, 4.69) is 0 Å². The van der Waals surface area contributed by atoms with E-state index < -0.39 is 22.0 Å². The van der Waals surface area contributed by atoms with Crippen LogP contribution in [0.15, 0.2) is 23.1 Å². The van der Waals surface area contributed by atoms with E-state index >= 15 is 0 Å². The van der Waals surface area contributed by atoms with E-state index in [1.54, 1.807) is 11.0 Å². The van der Waals surface area contributed by atoms with Crippen molar-refractivity contribution in [2.75, 3.05) is 18.5 Å². The molecule has 1 atom stereocenters. The Kier molecular flexibility index (Phi) is 4.76. The van der Waals surface area contributed by atoms with Crippen LogP contribution in [0.25, 0.3) is 0 Å². The third kappa shape index (κ3) is 3.23. The molecule has 0 radical (unpaired) electrons. The molecule has 0 saturated heterocycles. The van der Waals surface area contributed by atoms with Gasteiger partial charge < -0.3 is 10.0 Å². The van der Waals surface area contributed by atoms with E-state index in [9.17, 15) is 18.0 Å². The van der Waals surface area contributed by atoms with E-state index in [1.807, 2.05) is 0 Å². The molecule has 7 nitrogen and oxygen atoms in total. The van der Waals surface area contributed by atoms with Crippen LogP contribution in [0.2, 0.25) is 0 Å². The second-order valence-electron chi connectivity index (χ2n) is 5.60. The summed E-state index contributed by atoms with van der Waals surface area (Å²) in [6.07, 6.45) is 1.61. The van der Waals surface area contributed by atoms with E-state index in [-0.39, 0.29) is 10.8 Å². The van der Waals surface area contributed by atoms with Gasteiger partial charge in [-0.1, -0.05) is 6.07 Å². The number of fused-ring (bicyclic) bond motifs is 1. The molecule has 0 aromatic heterocycles. The maximum Gasteiger partial charge on any atom is 0.321 e. The van der Waals surface area contributed by atoms with Gasteiger partial charge >= 0.3 is 5.97 Å². The Morgan fingerprint density at radius 2 is 2.00 bits per heavy atom. The van der Waals surface area contributed by atoms with Crippen LogP contribution in [0, 0.1) is 0 Å². The minimum atomic E-state index is -3.95. The molecule has 23 heavy (non-hydrogen) atoms. The summed E-state index contributed by atoms with van der Waals surface area (Å²) < 4.78 is 26.0. The van der Waals surface area contributed by atoms with Crippen molar-refractivity contribution >= 4 is 27.6 Å². The van der Waals surface area contributed by atoms with Crippen LogP contribution in [0.3, 0.4) is 0 Å². The number of aliphatic carboxylic acids is 1. The summed E-state index contributed by atoms with van der Waals surface area (Å²) in [6, 6.07) is 3.43. The predicted molar refractivity (Wildman–Crippen MR) is 84.8 cm³/mol. The second kappa shape index (κ2) is 6.29. The summed E-state index contributed by atoms with van der Waals surface area (Å²) in [5, 5.41) is 9.01. The first kappa shape index (κ1) is 17.4. The van der Waals surface area contributed by atoms with Crippen LogP contribution in [0.1, 0.15) is 25.8 Å². The van der Waals surface area contributed by atoms with Gasteiger partial charge in [-0.05, 0) is 37.5 Å². The first-order valence-electron chi connectivity index (χ1n) is 7.28. The van der Waals surface area contributed by atoms with Crippen LogP contribution in [0.5, 0.6) is 0 Å². The van der Waals surface area contributed by atoms with E-state index in [0.29, 0.717) is 12.2 Å². The number of benzene rings is 1. The number of anilines is 1. The molecule has 0 saturated carbocycles. The fraction of sp³-hybridized carbons (Fsp3) is 0.467. The lowest BCUT2D eigenvalue weighted by molar-refractivity contribution is -0.140. The molecule has 1 aromatic rings. The minimum absolute atomic E-state index is 0.0139. The molecule has 1 aliphatic rings. The SMILES string of the molecule is CC(=O)N1CCCc2ccc(S(=O)(=O)N(C)C(C)C(=O)O)cc21. The standard InChI is InChI=1S/C15H20N2O5S/c1-10(15(19)20)16(3)23(21,22)13-7-6-12-5-4-8-17(11(2)18)14(12)9-13/h6-7,9-10H,4-5,8H2,1-3H3,(H,19,20). The molecule has 0 fully saturated rings. The second-order valence-corrected chi connectivity index (χ2v) is 7.60. The zero-order valence-corrected chi connectivity index (χ0v) is 14.1. The van der Waals surface area contributed by atoms with Gasteiger partial charge in [-0.3, -0.25) is 9.59 Å². The van der Waals surface area contributed by atoms with Gasteiger partial charge in [0.2, 0.25) is 15.9 Å². The molecule has 0 spiro atoms. The molecule has 1 heterocycles. The summed E-state index contributed by atoms with van der Waals surface area (Å²) in [4.78, 5) is 24.3. The lowest BCUT2D eigenvalue weighted by atomic mass is 10.0. The molecule has 1 aliphatic heterocycles. The van der Waals surface area contributed by atoms with Crippen molar-refractivity contribution in [3.8, 4) is 0 Å². The molecule has 126 valence electrons. The van der Waals surface area contributed by atoms with Crippen molar-refractivity contribution in [1.82, 2.24) is 4.31 Å². The molecule has 2 rings (SSSR count). The Hall–Kier alpha value is -1.93. The topological polar surface area (TPSA) is 95.0 Å². The highest BCUT2D eigenvalue weighted by Gasteiger charge is 2.31. The molecule has 0 aliphatic carbocycles. The number of carbonyl (C=O) groups is 2. The summed E-state index contributed by atoms with van der Waals surface area (Å²) in [5.74, 6) is -1.37. The van der Waals surface area contributed by atoms with Crippen molar-refractivity contribution in [2.24, 2.45) is 0 Å². The average molecular weight is 340 g/mol. The molecular weight excluding hydrogens is 320 g/mol. The summed E-state index contributed by atoms with van der Waals surface area (Å²) in [5.41, 5.74) is 1.50. The van der Waals surface area contributed by atoms with Gasteiger partial charge in [0, 0.05) is 26.2 Å². The van der Waals surface area contributed by atoms with E-state index in [4.69, 9.17) is 5.11 Å². The average Bonchev–Trinajstić information content (AvgIpc) is 2.51.